The highest BCUT2D eigenvalue weighted by molar-refractivity contribution is 6.06. The molecule has 2 aromatic carbocycles. The van der Waals surface area contributed by atoms with Gasteiger partial charge >= 0.3 is 0 Å². The van der Waals surface area contributed by atoms with Crippen molar-refractivity contribution in [3.05, 3.63) is 101 Å². The summed E-state index contributed by atoms with van der Waals surface area (Å²) in [5.41, 5.74) is 3.21. The quantitative estimate of drug-likeness (QED) is 0.311. The summed E-state index contributed by atoms with van der Waals surface area (Å²) in [5.74, 6) is 1.32. The summed E-state index contributed by atoms with van der Waals surface area (Å²) in [6.45, 7) is 2.52. The molecular formula is C28H28N4O5. The molecule has 0 unspecified atom stereocenters. The smallest absolute Gasteiger partial charge is 0.272 e. The van der Waals surface area contributed by atoms with Crippen LogP contribution in [0.3, 0.4) is 0 Å². The van der Waals surface area contributed by atoms with Crippen LogP contribution in [0.1, 0.15) is 32.9 Å². The van der Waals surface area contributed by atoms with Crippen LogP contribution in [0.25, 0.3) is 6.08 Å². The first-order valence-electron chi connectivity index (χ1n) is 11.6. The van der Waals surface area contributed by atoms with E-state index in [1.807, 2.05) is 49.4 Å². The van der Waals surface area contributed by atoms with Crippen LogP contribution >= 0.6 is 0 Å². The molecule has 0 atom stereocenters. The number of ether oxygens (including phenoxy) is 2. The maximum Gasteiger partial charge on any atom is 0.272 e. The van der Waals surface area contributed by atoms with Gasteiger partial charge in [-0.25, -0.2) is 0 Å². The Morgan fingerprint density at radius 2 is 1.95 bits per heavy atom. The molecule has 0 radical (unpaired) electrons. The average molecular weight is 501 g/mol. The minimum Gasteiger partial charge on any atom is -0.496 e. The number of hydrogen-bond donors (Lipinski definition) is 2. The number of nitrogens with one attached hydrogen (secondary N) is 2. The number of nitrogens with zero attached hydrogens (tertiary/aromatic N) is 2. The lowest BCUT2D eigenvalue weighted by atomic mass is 10.1. The molecule has 190 valence electrons. The molecule has 0 saturated carbocycles. The molecule has 9 nitrogen and oxygen atoms in total. The number of para-hydroxylation sites is 1. The highest BCUT2D eigenvalue weighted by Gasteiger charge is 2.18. The standard InChI is InChI=1S/C28H28N4O5/c1-19-7-4-5-9-24(19)37-18-21-15-20(10-12-25(21)35-3)11-13-26(33)31-23-17-30-32(2)27(23)28(34)29-16-22-8-6-14-36-22/h4-15,17H,16,18H2,1-3H3,(H,29,34)(H,31,33)/b13-11+. The maximum absolute atomic E-state index is 12.7. The minimum atomic E-state index is -0.401. The van der Waals surface area contributed by atoms with E-state index >= 15 is 0 Å². The maximum atomic E-state index is 12.7. The Morgan fingerprint density at radius 3 is 2.70 bits per heavy atom. The predicted octanol–water partition coefficient (Wildman–Crippen LogP) is 4.49. The first-order valence-corrected chi connectivity index (χ1v) is 11.6. The summed E-state index contributed by atoms with van der Waals surface area (Å²) in [6, 6.07) is 16.9. The third-order valence-corrected chi connectivity index (χ3v) is 5.62. The van der Waals surface area contributed by atoms with Gasteiger partial charge in [-0.3, -0.25) is 14.3 Å². The number of aryl methyl sites for hydroxylation is 2. The van der Waals surface area contributed by atoms with Gasteiger partial charge in [0.05, 0.1) is 31.8 Å². The molecule has 0 fully saturated rings. The van der Waals surface area contributed by atoms with E-state index in [9.17, 15) is 9.59 Å². The Balaban J connectivity index is 1.41. The van der Waals surface area contributed by atoms with E-state index in [2.05, 4.69) is 15.7 Å². The monoisotopic (exact) mass is 500 g/mol. The van der Waals surface area contributed by atoms with Crippen molar-refractivity contribution in [2.24, 2.45) is 7.05 Å². The van der Waals surface area contributed by atoms with Gasteiger partial charge in [-0.2, -0.15) is 5.10 Å². The summed E-state index contributed by atoms with van der Waals surface area (Å²) >= 11 is 0. The Bertz CT molecular complexity index is 1410. The Morgan fingerprint density at radius 1 is 1.11 bits per heavy atom. The first-order chi connectivity index (χ1) is 17.9. The number of amides is 2. The summed E-state index contributed by atoms with van der Waals surface area (Å²) in [4.78, 5) is 25.3. The average Bonchev–Trinajstić information content (AvgIpc) is 3.55. The number of benzene rings is 2. The van der Waals surface area contributed by atoms with Gasteiger partial charge in [0.15, 0.2) is 0 Å². The van der Waals surface area contributed by atoms with E-state index in [0.29, 0.717) is 23.8 Å². The Kier molecular flexibility index (Phi) is 8.05. The van der Waals surface area contributed by atoms with Crippen molar-refractivity contribution in [3.8, 4) is 11.5 Å². The van der Waals surface area contributed by atoms with Crippen LogP contribution in [0.4, 0.5) is 5.69 Å². The van der Waals surface area contributed by atoms with E-state index in [-0.39, 0.29) is 18.1 Å². The summed E-state index contributed by atoms with van der Waals surface area (Å²) < 4.78 is 18.1. The molecule has 2 N–H and O–H groups in total. The highest BCUT2D eigenvalue weighted by atomic mass is 16.5. The highest BCUT2D eigenvalue weighted by Crippen LogP contribution is 2.24. The topological polar surface area (TPSA) is 108 Å². The van der Waals surface area contributed by atoms with Crippen LogP contribution in [-0.4, -0.2) is 28.7 Å². The van der Waals surface area contributed by atoms with E-state index in [4.69, 9.17) is 13.9 Å². The molecule has 2 amide bonds. The van der Waals surface area contributed by atoms with Gasteiger partial charge in [0, 0.05) is 18.7 Å². The van der Waals surface area contributed by atoms with Crippen molar-refractivity contribution in [2.75, 3.05) is 12.4 Å². The third kappa shape index (κ3) is 6.46. The fourth-order valence-corrected chi connectivity index (χ4v) is 3.70. The number of furan rings is 1. The lowest BCUT2D eigenvalue weighted by molar-refractivity contribution is -0.111. The van der Waals surface area contributed by atoms with Crippen LogP contribution in [0.15, 0.2) is 77.6 Å². The Labute approximate surface area is 214 Å². The molecule has 0 spiro atoms. The normalized spacial score (nSPS) is 10.9. The number of carbonyl (C=O) groups excluding carboxylic acids is 2. The van der Waals surface area contributed by atoms with Gasteiger partial charge < -0.3 is 24.5 Å². The van der Waals surface area contributed by atoms with Gasteiger partial charge in [0.1, 0.15) is 29.6 Å². The zero-order chi connectivity index (χ0) is 26.2. The first kappa shape index (κ1) is 25.3. The summed E-state index contributed by atoms with van der Waals surface area (Å²) in [7, 11) is 3.23. The summed E-state index contributed by atoms with van der Waals surface area (Å²) in [5, 5.41) is 9.58. The second-order valence-corrected chi connectivity index (χ2v) is 8.24. The molecule has 0 bridgehead atoms. The number of aromatic nitrogens is 2. The lowest BCUT2D eigenvalue weighted by Gasteiger charge is -2.12. The number of methoxy groups -OCH3 is 1. The SMILES string of the molecule is COc1ccc(/C=C/C(=O)Nc2cnn(C)c2C(=O)NCc2ccco2)cc1COc1ccccc1C. The molecule has 37 heavy (non-hydrogen) atoms. The van der Waals surface area contributed by atoms with Crippen molar-refractivity contribution in [2.45, 2.75) is 20.1 Å². The third-order valence-electron chi connectivity index (χ3n) is 5.62. The number of carbonyl (C=O) groups is 2. The molecule has 0 aliphatic carbocycles. The predicted molar refractivity (Wildman–Crippen MR) is 139 cm³/mol. The fraction of sp³-hybridized carbons (Fsp3) is 0.179. The second kappa shape index (κ2) is 11.8. The lowest BCUT2D eigenvalue weighted by Crippen LogP contribution is -2.26. The van der Waals surface area contributed by atoms with Gasteiger partial charge in [0.25, 0.3) is 5.91 Å². The van der Waals surface area contributed by atoms with Crippen LogP contribution in [0.2, 0.25) is 0 Å². The molecule has 4 aromatic rings. The van der Waals surface area contributed by atoms with Crippen molar-refractivity contribution in [3.63, 3.8) is 0 Å². The molecule has 0 saturated heterocycles. The Hall–Kier alpha value is -4.79. The van der Waals surface area contributed by atoms with Gasteiger partial charge in [-0.1, -0.05) is 24.3 Å². The molecular weight excluding hydrogens is 472 g/mol. The van der Waals surface area contributed by atoms with E-state index in [1.165, 1.54) is 23.2 Å². The van der Waals surface area contributed by atoms with E-state index in [0.717, 1.165) is 22.4 Å². The van der Waals surface area contributed by atoms with Gasteiger partial charge in [0.2, 0.25) is 5.91 Å². The second-order valence-electron chi connectivity index (χ2n) is 8.24. The van der Waals surface area contributed by atoms with Gasteiger partial charge in [-0.15, -0.1) is 0 Å². The largest absolute Gasteiger partial charge is 0.496 e. The van der Waals surface area contributed by atoms with Crippen LogP contribution in [-0.2, 0) is 25.0 Å². The number of rotatable bonds is 10. The molecule has 4 rings (SSSR count). The van der Waals surface area contributed by atoms with Crippen molar-refractivity contribution >= 4 is 23.6 Å². The van der Waals surface area contributed by atoms with Gasteiger partial charge in [-0.05, 0) is 54.5 Å². The number of anilines is 1. The molecule has 2 heterocycles. The van der Waals surface area contributed by atoms with Crippen LogP contribution in [0.5, 0.6) is 11.5 Å². The molecule has 0 aliphatic heterocycles. The van der Waals surface area contributed by atoms with E-state index < -0.39 is 5.91 Å². The van der Waals surface area contributed by atoms with E-state index in [1.54, 1.807) is 32.4 Å². The molecule has 0 aliphatic rings. The van der Waals surface area contributed by atoms with Crippen LogP contribution < -0.4 is 20.1 Å². The molecule has 9 heteroatoms. The molecule has 2 aromatic heterocycles. The summed E-state index contributed by atoms with van der Waals surface area (Å²) in [6.07, 6.45) is 6.04. The number of hydrogen-bond acceptors (Lipinski definition) is 6. The minimum absolute atomic E-state index is 0.220. The zero-order valence-electron chi connectivity index (χ0n) is 20.9. The fourth-order valence-electron chi connectivity index (χ4n) is 3.70. The van der Waals surface area contributed by atoms with Crippen molar-refractivity contribution in [1.29, 1.82) is 0 Å². The van der Waals surface area contributed by atoms with Crippen molar-refractivity contribution < 1.29 is 23.5 Å². The zero-order valence-corrected chi connectivity index (χ0v) is 20.9. The van der Waals surface area contributed by atoms with Crippen molar-refractivity contribution in [1.82, 2.24) is 15.1 Å². The van der Waals surface area contributed by atoms with Crippen LogP contribution in [0, 0.1) is 6.92 Å².